The minimum Gasteiger partial charge on any atom is -0.342 e. The number of hydrogen-bond donors (Lipinski definition) is 0. The number of benzene rings is 1. The molecule has 158 valence electrons. The fourth-order valence-corrected chi connectivity index (χ4v) is 5.01. The summed E-state index contributed by atoms with van der Waals surface area (Å²) < 4.78 is 0. The maximum absolute atomic E-state index is 13.1. The first-order valence-electron chi connectivity index (χ1n) is 11.3. The molecule has 2 amide bonds. The van der Waals surface area contributed by atoms with Gasteiger partial charge in [-0.05, 0) is 63.1 Å². The van der Waals surface area contributed by atoms with E-state index in [9.17, 15) is 9.59 Å². The van der Waals surface area contributed by atoms with Crippen molar-refractivity contribution in [1.29, 1.82) is 0 Å². The van der Waals surface area contributed by atoms with Crippen LogP contribution in [0.3, 0.4) is 0 Å². The smallest absolute Gasteiger partial charge is 0.227 e. The molecule has 4 rings (SSSR count). The van der Waals surface area contributed by atoms with Crippen molar-refractivity contribution in [3.8, 4) is 0 Å². The minimum atomic E-state index is 0.101. The van der Waals surface area contributed by atoms with Gasteiger partial charge in [-0.25, -0.2) is 0 Å². The first kappa shape index (κ1) is 20.4. The highest BCUT2D eigenvalue weighted by atomic mass is 16.2. The standard InChI is InChI=1S/C24H35N3O2/c1-18-6-3-4-7-20(18)16-25(2)23(28)21-8-5-13-27(17-21)22-11-14-26(15-12-22)24(29)19-9-10-19/h3-4,6-7,19,21-22H,5,8-17H2,1-2H3/t21-/m1/s1. The highest BCUT2D eigenvalue weighted by Gasteiger charge is 2.37. The van der Waals surface area contributed by atoms with Crippen molar-refractivity contribution >= 4 is 11.8 Å². The van der Waals surface area contributed by atoms with Crippen LogP contribution in [0.5, 0.6) is 0 Å². The second kappa shape index (κ2) is 8.86. The van der Waals surface area contributed by atoms with Crippen molar-refractivity contribution < 1.29 is 9.59 Å². The zero-order chi connectivity index (χ0) is 20.4. The van der Waals surface area contributed by atoms with Gasteiger partial charge in [0, 0.05) is 45.2 Å². The van der Waals surface area contributed by atoms with Crippen molar-refractivity contribution in [3.63, 3.8) is 0 Å². The third kappa shape index (κ3) is 4.82. The van der Waals surface area contributed by atoms with Crippen molar-refractivity contribution in [2.75, 3.05) is 33.2 Å². The van der Waals surface area contributed by atoms with Gasteiger partial charge in [0.1, 0.15) is 0 Å². The van der Waals surface area contributed by atoms with Crippen LogP contribution >= 0.6 is 0 Å². The molecule has 0 spiro atoms. The lowest BCUT2D eigenvalue weighted by Crippen LogP contribution is -2.51. The largest absolute Gasteiger partial charge is 0.342 e. The molecule has 3 aliphatic rings. The molecular weight excluding hydrogens is 362 g/mol. The lowest BCUT2D eigenvalue weighted by molar-refractivity contribution is -0.137. The summed E-state index contributed by atoms with van der Waals surface area (Å²) in [5.74, 6) is 1.09. The fraction of sp³-hybridized carbons (Fsp3) is 0.667. The fourth-order valence-electron chi connectivity index (χ4n) is 5.01. The van der Waals surface area contributed by atoms with Gasteiger partial charge < -0.3 is 9.80 Å². The Hall–Kier alpha value is -1.88. The number of likely N-dealkylation sites (tertiary alicyclic amines) is 2. The van der Waals surface area contributed by atoms with Gasteiger partial charge in [0.25, 0.3) is 0 Å². The van der Waals surface area contributed by atoms with Crippen LogP contribution in [0.2, 0.25) is 0 Å². The number of rotatable bonds is 5. The number of amides is 2. The van der Waals surface area contributed by atoms with E-state index in [0.29, 0.717) is 24.4 Å². The Morgan fingerprint density at radius 2 is 1.72 bits per heavy atom. The molecule has 0 N–H and O–H groups in total. The summed E-state index contributed by atoms with van der Waals surface area (Å²) >= 11 is 0. The summed E-state index contributed by atoms with van der Waals surface area (Å²) in [6.45, 7) is 6.54. The molecule has 0 aromatic heterocycles. The molecule has 2 aliphatic heterocycles. The highest BCUT2D eigenvalue weighted by Crippen LogP contribution is 2.33. The maximum Gasteiger partial charge on any atom is 0.227 e. The second-order valence-electron chi connectivity index (χ2n) is 9.29. The minimum absolute atomic E-state index is 0.101. The number of aryl methyl sites for hydroxylation is 1. The SMILES string of the molecule is Cc1ccccc1CN(C)C(=O)[C@@H]1CCCN(C2CCN(C(=O)C3CC3)CC2)C1. The molecule has 3 fully saturated rings. The van der Waals surface area contributed by atoms with Crippen LogP contribution < -0.4 is 0 Å². The molecule has 1 aliphatic carbocycles. The molecule has 5 nitrogen and oxygen atoms in total. The molecule has 1 atom stereocenters. The number of hydrogen-bond acceptors (Lipinski definition) is 3. The van der Waals surface area contributed by atoms with Crippen LogP contribution in [-0.2, 0) is 16.1 Å². The zero-order valence-corrected chi connectivity index (χ0v) is 18.0. The number of nitrogens with zero attached hydrogens (tertiary/aromatic N) is 3. The van der Waals surface area contributed by atoms with Crippen molar-refractivity contribution in [1.82, 2.24) is 14.7 Å². The predicted octanol–water partition coefficient (Wildman–Crippen LogP) is 3.07. The molecule has 1 aromatic carbocycles. The van der Waals surface area contributed by atoms with E-state index in [4.69, 9.17) is 0 Å². The van der Waals surface area contributed by atoms with Crippen LogP contribution in [0.15, 0.2) is 24.3 Å². The quantitative estimate of drug-likeness (QED) is 0.767. The number of carbonyl (C=O) groups is 2. The topological polar surface area (TPSA) is 43.9 Å². The monoisotopic (exact) mass is 397 g/mol. The third-order valence-electron chi connectivity index (χ3n) is 7.07. The van der Waals surface area contributed by atoms with Gasteiger partial charge in [-0.15, -0.1) is 0 Å². The van der Waals surface area contributed by atoms with Gasteiger partial charge in [-0.3, -0.25) is 14.5 Å². The molecule has 0 bridgehead atoms. The Morgan fingerprint density at radius 3 is 2.41 bits per heavy atom. The Balaban J connectivity index is 1.29. The lowest BCUT2D eigenvalue weighted by atomic mass is 9.92. The predicted molar refractivity (Wildman–Crippen MR) is 114 cm³/mol. The summed E-state index contributed by atoms with van der Waals surface area (Å²) in [5, 5.41) is 0. The van der Waals surface area contributed by atoms with Crippen LogP contribution in [0.25, 0.3) is 0 Å². The van der Waals surface area contributed by atoms with E-state index >= 15 is 0 Å². The normalized spacial score (nSPS) is 23.8. The number of piperidine rings is 2. The average molecular weight is 398 g/mol. The second-order valence-corrected chi connectivity index (χ2v) is 9.29. The molecule has 1 aromatic rings. The van der Waals surface area contributed by atoms with Gasteiger partial charge in [0.15, 0.2) is 0 Å². The first-order valence-corrected chi connectivity index (χ1v) is 11.3. The van der Waals surface area contributed by atoms with Gasteiger partial charge >= 0.3 is 0 Å². The number of carbonyl (C=O) groups excluding carboxylic acids is 2. The van der Waals surface area contributed by atoms with E-state index in [1.807, 2.05) is 24.1 Å². The Labute approximate surface area is 175 Å². The molecular formula is C24H35N3O2. The maximum atomic E-state index is 13.1. The van der Waals surface area contributed by atoms with E-state index in [-0.39, 0.29) is 11.8 Å². The molecule has 1 saturated carbocycles. The Bertz CT molecular complexity index is 737. The van der Waals surface area contributed by atoms with E-state index in [1.165, 1.54) is 11.1 Å². The van der Waals surface area contributed by atoms with Crippen LogP contribution in [0.1, 0.15) is 49.7 Å². The molecule has 5 heteroatoms. The zero-order valence-electron chi connectivity index (χ0n) is 18.0. The van der Waals surface area contributed by atoms with Gasteiger partial charge in [-0.1, -0.05) is 24.3 Å². The van der Waals surface area contributed by atoms with Crippen LogP contribution in [-0.4, -0.2) is 65.8 Å². The summed E-state index contributed by atoms with van der Waals surface area (Å²) in [6, 6.07) is 8.83. The van der Waals surface area contributed by atoms with Crippen LogP contribution in [0, 0.1) is 18.8 Å². The van der Waals surface area contributed by atoms with Crippen molar-refractivity contribution in [3.05, 3.63) is 35.4 Å². The molecule has 0 unspecified atom stereocenters. The Morgan fingerprint density at radius 1 is 1.00 bits per heavy atom. The average Bonchev–Trinajstić information content (AvgIpc) is 3.60. The summed E-state index contributed by atoms with van der Waals surface area (Å²) in [7, 11) is 1.94. The highest BCUT2D eigenvalue weighted by molar-refractivity contribution is 5.81. The molecule has 29 heavy (non-hydrogen) atoms. The van der Waals surface area contributed by atoms with Gasteiger partial charge in [0.2, 0.25) is 11.8 Å². The molecule has 0 radical (unpaired) electrons. The Kier molecular flexibility index (Phi) is 6.23. The lowest BCUT2D eigenvalue weighted by Gasteiger charge is -2.42. The van der Waals surface area contributed by atoms with Crippen molar-refractivity contribution in [2.45, 2.75) is 58.0 Å². The van der Waals surface area contributed by atoms with Gasteiger partial charge in [-0.2, -0.15) is 0 Å². The summed E-state index contributed by atoms with van der Waals surface area (Å²) in [6.07, 6.45) is 6.37. The summed E-state index contributed by atoms with van der Waals surface area (Å²) in [5.41, 5.74) is 2.47. The molecule has 2 saturated heterocycles. The third-order valence-corrected chi connectivity index (χ3v) is 7.07. The first-order chi connectivity index (χ1) is 14.0. The molecule has 2 heterocycles. The van der Waals surface area contributed by atoms with E-state index in [1.54, 1.807) is 0 Å². The summed E-state index contributed by atoms with van der Waals surface area (Å²) in [4.78, 5) is 31.9. The van der Waals surface area contributed by atoms with Gasteiger partial charge in [0.05, 0.1) is 5.92 Å². The van der Waals surface area contributed by atoms with E-state index in [0.717, 1.165) is 64.7 Å². The van der Waals surface area contributed by atoms with E-state index < -0.39 is 0 Å². The van der Waals surface area contributed by atoms with E-state index in [2.05, 4.69) is 28.9 Å². The van der Waals surface area contributed by atoms with Crippen molar-refractivity contribution in [2.24, 2.45) is 11.8 Å². The van der Waals surface area contributed by atoms with Crippen LogP contribution in [0.4, 0.5) is 0 Å².